The van der Waals surface area contributed by atoms with Gasteiger partial charge in [-0.15, -0.1) is 0 Å². The third kappa shape index (κ3) is 2.91. The molecule has 1 aromatic heterocycles. The van der Waals surface area contributed by atoms with Gasteiger partial charge in [-0.25, -0.2) is 9.78 Å². The van der Waals surface area contributed by atoms with Crippen molar-refractivity contribution in [3.8, 4) is 5.75 Å². The van der Waals surface area contributed by atoms with Crippen molar-refractivity contribution in [3.05, 3.63) is 57.9 Å². The Kier molecular flexibility index (Phi) is 4.25. The zero-order chi connectivity index (χ0) is 14.7. The highest BCUT2D eigenvalue weighted by atomic mass is 35.5. The molecule has 0 saturated carbocycles. The molecule has 0 fully saturated rings. The van der Waals surface area contributed by atoms with Gasteiger partial charge in [-0.2, -0.15) is 0 Å². The molecule has 0 amide bonds. The van der Waals surface area contributed by atoms with E-state index in [0.717, 1.165) is 5.56 Å². The zero-order valence-corrected chi connectivity index (χ0v) is 11.9. The maximum atomic E-state index is 11.3. The summed E-state index contributed by atoms with van der Waals surface area (Å²) >= 11 is 5.91. The second-order valence-corrected chi connectivity index (χ2v) is 4.75. The number of ether oxygens (including phenoxy) is 1. The summed E-state index contributed by atoms with van der Waals surface area (Å²) in [6.07, 6.45) is 0. The molecule has 0 bridgehead atoms. The van der Waals surface area contributed by atoms with Crippen molar-refractivity contribution in [2.75, 3.05) is 0 Å². The monoisotopic (exact) mass is 291 g/mol. The number of pyridine rings is 1. The Morgan fingerprint density at radius 3 is 2.55 bits per heavy atom. The molecule has 104 valence electrons. The van der Waals surface area contributed by atoms with Crippen LogP contribution in [0.15, 0.2) is 30.3 Å². The fourth-order valence-corrected chi connectivity index (χ4v) is 2.12. The quantitative estimate of drug-likeness (QED) is 0.874. The number of benzene rings is 1. The van der Waals surface area contributed by atoms with Crippen LogP contribution in [0.4, 0.5) is 0 Å². The van der Waals surface area contributed by atoms with Crippen molar-refractivity contribution in [1.29, 1.82) is 0 Å². The minimum absolute atomic E-state index is 0.0522. The topological polar surface area (TPSA) is 59.4 Å². The smallest absolute Gasteiger partial charge is 0.342 e. The lowest BCUT2D eigenvalue weighted by molar-refractivity contribution is 0.0691. The number of carboxylic acid groups (broad SMARTS) is 1. The van der Waals surface area contributed by atoms with Crippen molar-refractivity contribution in [2.24, 2.45) is 0 Å². The van der Waals surface area contributed by atoms with Crippen LogP contribution < -0.4 is 4.74 Å². The summed E-state index contributed by atoms with van der Waals surface area (Å²) in [6.45, 7) is 3.81. The Morgan fingerprint density at radius 1 is 1.30 bits per heavy atom. The van der Waals surface area contributed by atoms with E-state index in [-0.39, 0.29) is 23.1 Å². The molecule has 0 radical (unpaired) electrons. The average Bonchev–Trinajstić information content (AvgIpc) is 2.41. The highest BCUT2D eigenvalue weighted by Gasteiger charge is 2.21. The Morgan fingerprint density at radius 2 is 1.95 bits per heavy atom. The summed E-state index contributed by atoms with van der Waals surface area (Å²) in [6, 6.07) is 9.52. The fraction of sp³-hybridized carbons (Fsp3) is 0.200. The summed E-state index contributed by atoms with van der Waals surface area (Å²) in [5.41, 5.74) is 2.20. The van der Waals surface area contributed by atoms with Gasteiger partial charge in [0.15, 0.2) is 0 Å². The van der Waals surface area contributed by atoms with E-state index in [4.69, 9.17) is 16.3 Å². The van der Waals surface area contributed by atoms with Gasteiger partial charge in [0.1, 0.15) is 23.1 Å². The summed E-state index contributed by atoms with van der Waals surface area (Å²) in [5, 5.41) is 9.20. The molecule has 5 heteroatoms. The molecule has 0 unspecified atom stereocenters. The Labute approximate surface area is 122 Å². The molecule has 20 heavy (non-hydrogen) atoms. The van der Waals surface area contributed by atoms with E-state index in [1.807, 2.05) is 30.3 Å². The van der Waals surface area contributed by atoms with E-state index >= 15 is 0 Å². The molecule has 0 atom stereocenters. The second-order valence-electron chi connectivity index (χ2n) is 4.40. The highest BCUT2D eigenvalue weighted by Crippen LogP contribution is 2.31. The van der Waals surface area contributed by atoms with Crippen LogP contribution in [0.3, 0.4) is 0 Å². The van der Waals surface area contributed by atoms with E-state index in [1.54, 1.807) is 13.8 Å². The summed E-state index contributed by atoms with van der Waals surface area (Å²) in [4.78, 5) is 15.3. The molecular formula is C15H14ClNO3. The predicted molar refractivity (Wildman–Crippen MR) is 76.5 cm³/mol. The number of aromatic nitrogens is 1. The van der Waals surface area contributed by atoms with Crippen LogP contribution >= 0.6 is 11.6 Å². The Bertz CT molecular complexity index is 641. The van der Waals surface area contributed by atoms with Crippen molar-refractivity contribution < 1.29 is 14.6 Å². The molecule has 2 aromatic rings. The molecule has 1 aromatic carbocycles. The summed E-state index contributed by atoms with van der Waals surface area (Å²) in [5.74, 6) is -0.868. The molecule has 0 spiro atoms. The molecular weight excluding hydrogens is 278 g/mol. The first-order valence-electron chi connectivity index (χ1n) is 6.07. The van der Waals surface area contributed by atoms with E-state index in [0.29, 0.717) is 11.3 Å². The lowest BCUT2D eigenvalue weighted by Crippen LogP contribution is -2.08. The number of hydrogen-bond donors (Lipinski definition) is 1. The van der Waals surface area contributed by atoms with Crippen molar-refractivity contribution in [3.63, 3.8) is 0 Å². The van der Waals surface area contributed by atoms with Crippen molar-refractivity contribution >= 4 is 17.6 Å². The number of hydrogen-bond acceptors (Lipinski definition) is 3. The van der Waals surface area contributed by atoms with Gasteiger partial charge in [0.2, 0.25) is 0 Å². The van der Waals surface area contributed by atoms with Gasteiger partial charge in [-0.1, -0.05) is 41.9 Å². The SMILES string of the molecule is Cc1nc(Cl)c(C(=O)O)c(OCc2ccccc2)c1C. The fourth-order valence-electron chi connectivity index (χ4n) is 1.83. The standard InChI is InChI=1S/C15H14ClNO3/c1-9-10(2)17-14(16)12(15(18)19)13(9)20-8-11-6-4-3-5-7-11/h3-7H,8H2,1-2H3,(H,18,19). The molecule has 0 aliphatic carbocycles. The van der Waals surface area contributed by atoms with Crippen LogP contribution in [0.2, 0.25) is 5.15 Å². The molecule has 0 aliphatic heterocycles. The van der Waals surface area contributed by atoms with Gasteiger partial charge in [0, 0.05) is 11.3 Å². The largest absolute Gasteiger partial charge is 0.488 e. The first-order chi connectivity index (χ1) is 9.50. The normalized spacial score (nSPS) is 10.3. The number of nitrogens with zero attached hydrogens (tertiary/aromatic N) is 1. The second kappa shape index (κ2) is 5.92. The van der Waals surface area contributed by atoms with Gasteiger partial charge in [-0.3, -0.25) is 0 Å². The number of aryl methyl sites for hydroxylation is 1. The van der Waals surface area contributed by atoms with Crippen LogP contribution in [-0.2, 0) is 6.61 Å². The van der Waals surface area contributed by atoms with Crippen molar-refractivity contribution in [2.45, 2.75) is 20.5 Å². The van der Waals surface area contributed by atoms with E-state index in [1.165, 1.54) is 0 Å². The van der Waals surface area contributed by atoms with Gasteiger partial charge >= 0.3 is 5.97 Å². The van der Waals surface area contributed by atoms with Gasteiger partial charge < -0.3 is 9.84 Å². The summed E-state index contributed by atoms with van der Waals surface area (Å²) in [7, 11) is 0. The third-order valence-electron chi connectivity index (χ3n) is 3.02. The van der Waals surface area contributed by atoms with Crippen LogP contribution in [0, 0.1) is 13.8 Å². The number of halogens is 1. The molecule has 1 heterocycles. The van der Waals surface area contributed by atoms with E-state index in [2.05, 4.69) is 4.98 Å². The van der Waals surface area contributed by atoms with Gasteiger partial charge in [0.05, 0.1) is 0 Å². The van der Waals surface area contributed by atoms with E-state index < -0.39 is 5.97 Å². The molecule has 4 nitrogen and oxygen atoms in total. The van der Waals surface area contributed by atoms with Crippen LogP contribution in [0.25, 0.3) is 0 Å². The number of carbonyl (C=O) groups is 1. The molecule has 0 saturated heterocycles. The Balaban J connectivity index is 2.37. The average molecular weight is 292 g/mol. The maximum Gasteiger partial charge on any atom is 0.342 e. The van der Waals surface area contributed by atoms with Gasteiger partial charge in [0.25, 0.3) is 0 Å². The zero-order valence-electron chi connectivity index (χ0n) is 11.2. The molecule has 1 N–H and O–H groups in total. The summed E-state index contributed by atoms with van der Waals surface area (Å²) < 4.78 is 5.67. The van der Waals surface area contributed by atoms with Crippen LogP contribution in [-0.4, -0.2) is 16.1 Å². The highest BCUT2D eigenvalue weighted by molar-refractivity contribution is 6.32. The lowest BCUT2D eigenvalue weighted by atomic mass is 10.1. The van der Waals surface area contributed by atoms with Gasteiger partial charge in [-0.05, 0) is 19.4 Å². The molecule has 2 rings (SSSR count). The first-order valence-corrected chi connectivity index (χ1v) is 6.45. The van der Waals surface area contributed by atoms with Crippen molar-refractivity contribution in [1.82, 2.24) is 4.98 Å². The lowest BCUT2D eigenvalue weighted by Gasteiger charge is -2.14. The maximum absolute atomic E-state index is 11.3. The first kappa shape index (κ1) is 14.3. The number of rotatable bonds is 4. The van der Waals surface area contributed by atoms with Crippen LogP contribution in [0.1, 0.15) is 27.2 Å². The number of carboxylic acids is 1. The third-order valence-corrected chi connectivity index (χ3v) is 3.30. The minimum Gasteiger partial charge on any atom is -0.488 e. The number of aromatic carboxylic acids is 1. The van der Waals surface area contributed by atoms with E-state index in [9.17, 15) is 9.90 Å². The molecule has 0 aliphatic rings. The Hall–Kier alpha value is -2.07. The predicted octanol–water partition coefficient (Wildman–Crippen LogP) is 3.63. The van der Waals surface area contributed by atoms with Crippen LogP contribution in [0.5, 0.6) is 5.75 Å². The minimum atomic E-state index is -1.14.